The maximum Gasteiger partial charge on any atom is 0.281 e. The Kier molecular flexibility index (Phi) is 3.65. The molecule has 92 valence electrons. The second-order valence-corrected chi connectivity index (χ2v) is 4.40. The number of nitrogens with zero attached hydrogens (tertiary/aromatic N) is 1. The second-order valence-electron chi connectivity index (χ2n) is 3.96. The van der Waals surface area contributed by atoms with E-state index in [1.54, 1.807) is 36.4 Å². The molecule has 0 saturated heterocycles. The van der Waals surface area contributed by atoms with Gasteiger partial charge in [0.25, 0.3) is 5.91 Å². The highest BCUT2D eigenvalue weighted by Crippen LogP contribution is 2.18. The minimum Gasteiger partial charge on any atom is -0.281 e. The monoisotopic (exact) mass is 261 g/mol. The van der Waals surface area contributed by atoms with Crippen molar-refractivity contribution in [2.24, 2.45) is 0 Å². The van der Waals surface area contributed by atoms with Gasteiger partial charge in [0.1, 0.15) is 0 Å². The predicted molar refractivity (Wildman–Crippen MR) is 71.2 cm³/mol. The number of carbonyl (C=O) groups excluding carboxylic acids is 1. The molecule has 0 aromatic heterocycles. The first-order valence-corrected chi connectivity index (χ1v) is 5.81. The zero-order valence-corrected chi connectivity index (χ0v) is 10.6. The van der Waals surface area contributed by atoms with Crippen LogP contribution in [0, 0.1) is 6.92 Å². The summed E-state index contributed by atoms with van der Waals surface area (Å²) in [7, 11) is 0. The molecule has 0 aliphatic rings. The van der Waals surface area contributed by atoms with E-state index in [0.717, 1.165) is 5.56 Å². The fourth-order valence-corrected chi connectivity index (χ4v) is 1.64. The topological polar surface area (TPSA) is 40.5 Å². The Balaban J connectivity index is 2.23. The highest BCUT2D eigenvalue weighted by atomic mass is 35.5. The molecule has 0 unspecified atom stereocenters. The molecule has 18 heavy (non-hydrogen) atoms. The zero-order chi connectivity index (χ0) is 13.1. The molecular formula is C14H12ClNO2. The van der Waals surface area contributed by atoms with Crippen LogP contribution >= 0.6 is 11.6 Å². The van der Waals surface area contributed by atoms with Gasteiger partial charge in [-0.25, -0.2) is 0 Å². The van der Waals surface area contributed by atoms with Crippen molar-refractivity contribution in [3.63, 3.8) is 0 Å². The maximum atomic E-state index is 12.0. The quantitative estimate of drug-likeness (QED) is 0.662. The molecule has 2 aromatic carbocycles. The third kappa shape index (κ3) is 2.70. The molecule has 0 radical (unpaired) electrons. The standard InChI is InChI=1S/C14H12ClNO2/c1-10-2-4-11(5-3-10)14(17)16(18)13-8-6-12(15)7-9-13/h2-9,18H,1H3. The molecule has 0 heterocycles. The van der Waals surface area contributed by atoms with Crippen molar-refractivity contribution in [2.75, 3.05) is 5.06 Å². The predicted octanol–water partition coefficient (Wildman–Crippen LogP) is 3.68. The molecule has 0 spiro atoms. The van der Waals surface area contributed by atoms with Crippen LogP contribution in [0.15, 0.2) is 48.5 Å². The van der Waals surface area contributed by atoms with Crippen molar-refractivity contribution in [1.82, 2.24) is 0 Å². The Morgan fingerprint density at radius 3 is 2.17 bits per heavy atom. The lowest BCUT2D eigenvalue weighted by Gasteiger charge is -2.15. The molecular weight excluding hydrogens is 250 g/mol. The summed E-state index contributed by atoms with van der Waals surface area (Å²) < 4.78 is 0. The molecule has 0 aliphatic heterocycles. The van der Waals surface area contributed by atoms with Gasteiger partial charge in [0.05, 0.1) is 5.69 Å². The van der Waals surface area contributed by atoms with Crippen LogP contribution in [0.25, 0.3) is 0 Å². The third-order valence-electron chi connectivity index (χ3n) is 2.56. The van der Waals surface area contributed by atoms with Crippen LogP contribution in [0.2, 0.25) is 5.02 Å². The summed E-state index contributed by atoms with van der Waals surface area (Å²) in [6.07, 6.45) is 0. The number of hydroxylamine groups is 1. The van der Waals surface area contributed by atoms with Crippen molar-refractivity contribution in [3.8, 4) is 0 Å². The van der Waals surface area contributed by atoms with Crippen LogP contribution in [0.1, 0.15) is 15.9 Å². The molecule has 2 aromatic rings. The van der Waals surface area contributed by atoms with Crippen LogP contribution in [-0.2, 0) is 0 Å². The number of rotatable bonds is 2. The average molecular weight is 262 g/mol. The minimum absolute atomic E-state index is 0.380. The van der Waals surface area contributed by atoms with E-state index >= 15 is 0 Å². The Hall–Kier alpha value is -1.84. The lowest BCUT2D eigenvalue weighted by molar-refractivity contribution is 0.0855. The molecule has 0 aliphatic carbocycles. The number of anilines is 1. The summed E-state index contributed by atoms with van der Waals surface area (Å²) >= 11 is 5.75. The van der Waals surface area contributed by atoms with Crippen molar-refractivity contribution in [2.45, 2.75) is 6.92 Å². The van der Waals surface area contributed by atoms with Crippen LogP contribution in [0.5, 0.6) is 0 Å². The smallest absolute Gasteiger partial charge is 0.281 e. The van der Waals surface area contributed by atoms with Gasteiger partial charge in [-0.2, -0.15) is 5.06 Å². The summed E-state index contributed by atoms with van der Waals surface area (Å²) in [5.74, 6) is -0.475. The first-order chi connectivity index (χ1) is 8.58. The molecule has 0 atom stereocenters. The van der Waals surface area contributed by atoms with Crippen LogP contribution in [-0.4, -0.2) is 11.1 Å². The molecule has 3 nitrogen and oxygen atoms in total. The van der Waals surface area contributed by atoms with E-state index < -0.39 is 5.91 Å². The van der Waals surface area contributed by atoms with E-state index in [1.165, 1.54) is 0 Å². The van der Waals surface area contributed by atoms with Gasteiger partial charge in [-0.05, 0) is 43.3 Å². The van der Waals surface area contributed by atoms with Gasteiger partial charge in [-0.15, -0.1) is 0 Å². The van der Waals surface area contributed by atoms with Gasteiger partial charge in [0, 0.05) is 10.6 Å². The number of halogens is 1. The van der Waals surface area contributed by atoms with Gasteiger partial charge in [0.15, 0.2) is 0 Å². The van der Waals surface area contributed by atoms with E-state index in [4.69, 9.17) is 11.6 Å². The second kappa shape index (κ2) is 5.21. The van der Waals surface area contributed by atoms with Crippen molar-refractivity contribution >= 4 is 23.2 Å². The Morgan fingerprint density at radius 1 is 1.06 bits per heavy atom. The van der Waals surface area contributed by atoms with Gasteiger partial charge >= 0.3 is 0 Å². The maximum absolute atomic E-state index is 12.0. The molecule has 1 N–H and O–H groups in total. The minimum atomic E-state index is -0.475. The average Bonchev–Trinajstić information content (AvgIpc) is 2.39. The van der Waals surface area contributed by atoms with E-state index in [2.05, 4.69) is 0 Å². The first kappa shape index (κ1) is 12.6. The van der Waals surface area contributed by atoms with Crippen LogP contribution in [0.3, 0.4) is 0 Å². The van der Waals surface area contributed by atoms with E-state index in [0.29, 0.717) is 21.3 Å². The largest absolute Gasteiger partial charge is 0.281 e. The number of hydrogen-bond donors (Lipinski definition) is 1. The number of benzene rings is 2. The van der Waals surface area contributed by atoms with Crippen molar-refractivity contribution in [3.05, 3.63) is 64.7 Å². The SMILES string of the molecule is Cc1ccc(C(=O)N(O)c2ccc(Cl)cc2)cc1. The van der Waals surface area contributed by atoms with E-state index in [-0.39, 0.29) is 0 Å². The molecule has 0 saturated carbocycles. The number of carbonyl (C=O) groups is 1. The van der Waals surface area contributed by atoms with Gasteiger partial charge < -0.3 is 0 Å². The fraction of sp³-hybridized carbons (Fsp3) is 0.0714. The lowest BCUT2D eigenvalue weighted by Crippen LogP contribution is -2.26. The van der Waals surface area contributed by atoms with Gasteiger partial charge in [-0.3, -0.25) is 10.0 Å². The van der Waals surface area contributed by atoms with Crippen LogP contribution < -0.4 is 5.06 Å². The third-order valence-corrected chi connectivity index (χ3v) is 2.81. The Morgan fingerprint density at radius 2 is 1.61 bits per heavy atom. The molecule has 4 heteroatoms. The fourth-order valence-electron chi connectivity index (χ4n) is 1.52. The van der Waals surface area contributed by atoms with E-state index in [9.17, 15) is 10.0 Å². The highest BCUT2D eigenvalue weighted by molar-refractivity contribution is 6.30. The summed E-state index contributed by atoms with van der Waals surface area (Å²) in [5.41, 5.74) is 1.87. The Labute approximate surface area is 110 Å². The summed E-state index contributed by atoms with van der Waals surface area (Å²) in [5, 5.41) is 11.0. The van der Waals surface area contributed by atoms with Crippen LogP contribution in [0.4, 0.5) is 5.69 Å². The molecule has 0 fully saturated rings. The number of aryl methyl sites for hydroxylation is 1. The molecule has 2 rings (SSSR count). The number of amides is 1. The summed E-state index contributed by atoms with van der Waals surface area (Å²) in [6, 6.07) is 13.4. The summed E-state index contributed by atoms with van der Waals surface area (Å²) in [6.45, 7) is 1.93. The Bertz CT molecular complexity index is 549. The molecule has 1 amide bonds. The van der Waals surface area contributed by atoms with Gasteiger partial charge in [-0.1, -0.05) is 29.3 Å². The van der Waals surface area contributed by atoms with Gasteiger partial charge in [0.2, 0.25) is 0 Å². The highest BCUT2D eigenvalue weighted by Gasteiger charge is 2.15. The normalized spacial score (nSPS) is 10.2. The van der Waals surface area contributed by atoms with Crippen molar-refractivity contribution in [1.29, 1.82) is 0 Å². The first-order valence-electron chi connectivity index (χ1n) is 5.43. The zero-order valence-electron chi connectivity index (χ0n) is 9.80. The number of hydrogen-bond acceptors (Lipinski definition) is 2. The van der Waals surface area contributed by atoms with Crippen molar-refractivity contribution < 1.29 is 10.0 Å². The summed E-state index contributed by atoms with van der Waals surface area (Å²) in [4.78, 5) is 12.0. The molecule has 0 bridgehead atoms. The lowest BCUT2D eigenvalue weighted by atomic mass is 10.1. The van der Waals surface area contributed by atoms with E-state index in [1.807, 2.05) is 19.1 Å².